The van der Waals surface area contributed by atoms with Gasteiger partial charge in [-0.25, -0.2) is 0 Å². The number of ether oxygens (including phenoxy) is 5. The molecule has 3 aliphatic heterocycles. The van der Waals surface area contributed by atoms with E-state index >= 15 is 0 Å². The summed E-state index contributed by atoms with van der Waals surface area (Å²) >= 11 is 4.80. The summed E-state index contributed by atoms with van der Waals surface area (Å²) in [6, 6.07) is 0. The van der Waals surface area contributed by atoms with Crippen LogP contribution in [-0.2, 0) is 23.7 Å². The zero-order valence-corrected chi connectivity index (χ0v) is 13.8. The summed E-state index contributed by atoms with van der Waals surface area (Å²) in [6.07, 6.45) is -1.73. The third kappa shape index (κ3) is 3.10. The fraction of sp³-hybridized carbons (Fsp3) is 0.846. The first kappa shape index (κ1) is 16.0. The van der Waals surface area contributed by atoms with Gasteiger partial charge in [0.15, 0.2) is 29.1 Å². The number of nitrogens with two attached hydrogens (primary N) is 1. The monoisotopic (exact) mass is 331 g/mol. The summed E-state index contributed by atoms with van der Waals surface area (Å²) in [5.41, 5.74) is 8.64. The smallest absolute Gasteiger partial charge is 0.193 e. The Balaban J connectivity index is 1.81. The SMILES string of the molecule is CC1(C)O[C@H]2O[C@H]([C@H]3COC(C)(C)O3)/C(=N\NC(N)=S)[C@H]2O1. The van der Waals surface area contributed by atoms with Gasteiger partial charge in [-0.2, -0.15) is 5.10 Å². The van der Waals surface area contributed by atoms with Gasteiger partial charge in [0.1, 0.15) is 17.9 Å². The molecule has 0 amide bonds. The lowest BCUT2D eigenvalue weighted by Crippen LogP contribution is -2.41. The van der Waals surface area contributed by atoms with Gasteiger partial charge in [-0.15, -0.1) is 0 Å². The number of thiocarbonyl (C=S) groups is 1. The highest BCUT2D eigenvalue weighted by molar-refractivity contribution is 7.80. The van der Waals surface area contributed by atoms with Crippen LogP contribution in [0.2, 0.25) is 0 Å². The van der Waals surface area contributed by atoms with E-state index in [0.29, 0.717) is 12.3 Å². The van der Waals surface area contributed by atoms with Crippen molar-refractivity contribution in [2.24, 2.45) is 10.8 Å². The summed E-state index contributed by atoms with van der Waals surface area (Å²) in [5.74, 6) is -1.40. The first-order valence-corrected chi connectivity index (χ1v) is 7.53. The number of fused-ring (bicyclic) bond motifs is 1. The predicted molar refractivity (Wildman–Crippen MR) is 81.0 cm³/mol. The van der Waals surface area contributed by atoms with Crippen molar-refractivity contribution in [3.05, 3.63) is 0 Å². The predicted octanol–water partition coefficient (Wildman–Crippen LogP) is 0.204. The van der Waals surface area contributed by atoms with Gasteiger partial charge >= 0.3 is 0 Å². The number of nitrogens with one attached hydrogen (secondary N) is 1. The molecule has 0 aromatic heterocycles. The summed E-state index contributed by atoms with van der Waals surface area (Å²) in [7, 11) is 0. The maximum Gasteiger partial charge on any atom is 0.193 e. The Kier molecular flexibility index (Phi) is 3.91. The van der Waals surface area contributed by atoms with Crippen LogP contribution in [0, 0.1) is 0 Å². The van der Waals surface area contributed by atoms with Crippen molar-refractivity contribution in [1.29, 1.82) is 0 Å². The molecule has 0 radical (unpaired) electrons. The minimum atomic E-state index is -0.739. The van der Waals surface area contributed by atoms with Crippen LogP contribution in [0.3, 0.4) is 0 Å². The zero-order valence-electron chi connectivity index (χ0n) is 13.0. The number of nitrogens with zero attached hydrogens (tertiary/aromatic N) is 1. The second-order valence-corrected chi connectivity index (χ2v) is 6.80. The third-order valence-electron chi connectivity index (χ3n) is 3.58. The Morgan fingerprint density at radius 2 is 1.91 bits per heavy atom. The minimum Gasteiger partial charge on any atom is -0.375 e. The van der Waals surface area contributed by atoms with Gasteiger partial charge < -0.3 is 29.4 Å². The van der Waals surface area contributed by atoms with Crippen LogP contribution in [0.15, 0.2) is 5.10 Å². The number of hydrazone groups is 1. The van der Waals surface area contributed by atoms with Crippen LogP contribution in [0.1, 0.15) is 27.7 Å². The molecule has 0 aliphatic carbocycles. The highest BCUT2D eigenvalue weighted by Crippen LogP contribution is 2.39. The Morgan fingerprint density at radius 1 is 1.18 bits per heavy atom. The van der Waals surface area contributed by atoms with E-state index in [4.69, 9.17) is 41.6 Å². The molecule has 3 fully saturated rings. The van der Waals surface area contributed by atoms with E-state index in [1.807, 2.05) is 27.7 Å². The molecule has 0 saturated carbocycles. The van der Waals surface area contributed by atoms with E-state index in [1.165, 1.54) is 0 Å². The quantitative estimate of drug-likeness (QED) is 0.547. The second kappa shape index (κ2) is 5.36. The fourth-order valence-corrected chi connectivity index (χ4v) is 2.84. The largest absolute Gasteiger partial charge is 0.375 e. The molecule has 0 bridgehead atoms. The minimum absolute atomic E-state index is 0.0665. The summed E-state index contributed by atoms with van der Waals surface area (Å²) in [6.45, 7) is 7.74. The molecule has 22 heavy (non-hydrogen) atoms. The third-order valence-corrected chi connectivity index (χ3v) is 3.68. The molecule has 8 nitrogen and oxygen atoms in total. The summed E-state index contributed by atoms with van der Waals surface area (Å²) < 4.78 is 29.0. The number of hydrogen-bond acceptors (Lipinski definition) is 7. The normalized spacial score (nSPS) is 40.8. The van der Waals surface area contributed by atoms with Gasteiger partial charge in [-0.05, 0) is 39.9 Å². The van der Waals surface area contributed by atoms with Gasteiger partial charge in [0.05, 0.1) is 6.61 Å². The molecule has 3 heterocycles. The lowest BCUT2D eigenvalue weighted by Gasteiger charge is -2.24. The van der Waals surface area contributed by atoms with Crippen LogP contribution in [0.5, 0.6) is 0 Å². The average molecular weight is 331 g/mol. The average Bonchev–Trinajstić information content (AvgIpc) is 2.96. The number of rotatable bonds is 2. The topological polar surface area (TPSA) is 96.6 Å². The van der Waals surface area contributed by atoms with Gasteiger partial charge in [0, 0.05) is 0 Å². The Hall–Kier alpha value is -0.840. The van der Waals surface area contributed by atoms with Crippen molar-refractivity contribution in [2.45, 2.75) is 63.9 Å². The zero-order chi connectivity index (χ0) is 16.1. The summed E-state index contributed by atoms with van der Waals surface area (Å²) in [5, 5.41) is 4.31. The maximum atomic E-state index is 5.94. The van der Waals surface area contributed by atoms with Crippen LogP contribution in [0.25, 0.3) is 0 Å². The molecule has 124 valence electrons. The second-order valence-electron chi connectivity index (χ2n) is 6.36. The molecule has 3 aliphatic rings. The lowest BCUT2D eigenvalue weighted by atomic mass is 10.1. The van der Waals surface area contributed by atoms with Crippen molar-refractivity contribution in [1.82, 2.24) is 5.43 Å². The molecule has 4 atom stereocenters. The first-order chi connectivity index (χ1) is 10.2. The highest BCUT2D eigenvalue weighted by atomic mass is 32.1. The Labute approximate surface area is 134 Å². The van der Waals surface area contributed by atoms with Gasteiger partial charge in [-0.1, -0.05) is 0 Å². The van der Waals surface area contributed by atoms with Crippen molar-refractivity contribution in [3.63, 3.8) is 0 Å². The molecular formula is C13H21N3O5S. The van der Waals surface area contributed by atoms with Crippen molar-refractivity contribution in [2.75, 3.05) is 6.61 Å². The molecule has 0 aromatic rings. The van der Waals surface area contributed by atoms with E-state index < -0.39 is 30.1 Å². The molecular weight excluding hydrogens is 310 g/mol. The first-order valence-electron chi connectivity index (χ1n) is 7.13. The van der Waals surface area contributed by atoms with E-state index in [-0.39, 0.29) is 11.2 Å². The van der Waals surface area contributed by atoms with E-state index in [0.717, 1.165) is 0 Å². The Bertz CT molecular complexity index is 510. The van der Waals surface area contributed by atoms with Gasteiger partial charge in [0.2, 0.25) is 0 Å². The van der Waals surface area contributed by atoms with E-state index in [1.54, 1.807) is 0 Å². The van der Waals surface area contributed by atoms with Crippen LogP contribution >= 0.6 is 12.2 Å². The molecule has 0 spiro atoms. The van der Waals surface area contributed by atoms with Crippen LogP contribution in [-0.4, -0.2) is 53.6 Å². The lowest BCUT2D eigenvalue weighted by molar-refractivity contribution is -0.211. The standard InChI is InChI=1S/C13H21N3O5S/c1-12(2)17-5-6(19-12)8-7(15-16-11(14)22)9-10(18-8)21-13(3,4)20-9/h6,8-10H,5H2,1-4H3,(H3,14,16,22)/b15-7+/t6-,8-,9-,10-/m1/s1. The van der Waals surface area contributed by atoms with Gasteiger partial charge in [0.25, 0.3) is 0 Å². The fourth-order valence-electron chi connectivity index (χ4n) is 2.80. The molecule has 0 aromatic carbocycles. The maximum absolute atomic E-state index is 5.94. The molecule has 3 rings (SSSR count). The molecule has 0 unspecified atom stereocenters. The molecule has 9 heteroatoms. The van der Waals surface area contributed by atoms with E-state index in [9.17, 15) is 0 Å². The van der Waals surface area contributed by atoms with E-state index in [2.05, 4.69) is 10.5 Å². The molecule has 3 saturated heterocycles. The van der Waals surface area contributed by atoms with Crippen LogP contribution in [0.4, 0.5) is 0 Å². The van der Waals surface area contributed by atoms with Crippen molar-refractivity contribution >= 4 is 23.0 Å². The Morgan fingerprint density at radius 3 is 2.50 bits per heavy atom. The molecule has 3 N–H and O–H groups in total. The highest BCUT2D eigenvalue weighted by Gasteiger charge is 2.56. The van der Waals surface area contributed by atoms with Crippen LogP contribution < -0.4 is 11.2 Å². The number of hydrogen-bond donors (Lipinski definition) is 2. The summed E-state index contributed by atoms with van der Waals surface area (Å²) in [4.78, 5) is 0. The van der Waals surface area contributed by atoms with Crippen molar-refractivity contribution in [3.8, 4) is 0 Å². The van der Waals surface area contributed by atoms with Gasteiger partial charge in [-0.3, -0.25) is 5.43 Å². The van der Waals surface area contributed by atoms with Crippen molar-refractivity contribution < 1.29 is 23.7 Å².